The number of carbonyl (C=O) groups excluding carboxylic acids is 1. The lowest BCUT2D eigenvalue weighted by atomic mass is 10.0. The van der Waals surface area contributed by atoms with E-state index in [1.165, 1.54) is 37.0 Å². The van der Waals surface area contributed by atoms with Crippen molar-refractivity contribution in [3.8, 4) is 34.3 Å². The van der Waals surface area contributed by atoms with Crippen LogP contribution in [0, 0.1) is 0 Å². The Bertz CT molecular complexity index is 1540. The molecule has 1 aromatic heterocycles. The number of pyridine rings is 1. The van der Waals surface area contributed by atoms with Gasteiger partial charge < -0.3 is 29.4 Å². The summed E-state index contributed by atoms with van der Waals surface area (Å²) >= 11 is 0. The molecule has 1 aliphatic carbocycles. The standard InChI is InChI=1S/C26H21NO7/c1-33-20-10-8-16-21-23(14-5-3-4-6-15(14)24(21)31)27(26(32)22(16)25(20)34-2)12-19(30)13-7-9-17(28)18(29)11-13/h3-11,19,28-30H,12H2,1-2H3. The third-order valence-corrected chi connectivity index (χ3v) is 6.17. The van der Waals surface area contributed by atoms with Gasteiger partial charge in [0.05, 0.1) is 43.5 Å². The summed E-state index contributed by atoms with van der Waals surface area (Å²) < 4.78 is 12.2. The number of fused-ring (bicyclic) bond motifs is 5. The van der Waals surface area contributed by atoms with Crippen molar-refractivity contribution in [1.29, 1.82) is 0 Å². The number of aromatic nitrogens is 1. The molecule has 0 amide bonds. The number of nitrogens with zero attached hydrogens (tertiary/aromatic N) is 1. The van der Waals surface area contributed by atoms with Crippen LogP contribution in [-0.2, 0) is 6.54 Å². The molecule has 0 saturated heterocycles. The van der Waals surface area contributed by atoms with Crippen LogP contribution < -0.4 is 15.0 Å². The van der Waals surface area contributed by atoms with Crippen molar-refractivity contribution in [1.82, 2.24) is 4.57 Å². The summed E-state index contributed by atoms with van der Waals surface area (Å²) in [6.07, 6.45) is -1.22. The Hall–Kier alpha value is -4.30. The van der Waals surface area contributed by atoms with Gasteiger partial charge in [0.2, 0.25) is 0 Å². The largest absolute Gasteiger partial charge is 0.504 e. The lowest BCUT2D eigenvalue weighted by Gasteiger charge is -2.20. The smallest absolute Gasteiger partial charge is 0.262 e. The molecule has 0 saturated carbocycles. The van der Waals surface area contributed by atoms with E-state index >= 15 is 0 Å². The molecular formula is C26H21NO7. The number of aliphatic hydroxyl groups excluding tert-OH is 1. The number of hydrogen-bond donors (Lipinski definition) is 3. The minimum Gasteiger partial charge on any atom is -0.504 e. The predicted octanol–water partition coefficient (Wildman–Crippen LogP) is 3.37. The zero-order valence-corrected chi connectivity index (χ0v) is 18.4. The van der Waals surface area contributed by atoms with Gasteiger partial charge in [-0.2, -0.15) is 0 Å². The number of aromatic hydroxyl groups is 2. The van der Waals surface area contributed by atoms with Gasteiger partial charge in [0, 0.05) is 16.5 Å². The number of benzene rings is 3. The molecule has 4 aromatic rings. The molecule has 0 bridgehead atoms. The molecule has 1 atom stereocenters. The monoisotopic (exact) mass is 459 g/mol. The van der Waals surface area contributed by atoms with E-state index in [2.05, 4.69) is 0 Å². The van der Waals surface area contributed by atoms with Crippen LogP contribution >= 0.6 is 0 Å². The molecule has 5 rings (SSSR count). The van der Waals surface area contributed by atoms with Crippen LogP contribution in [0.2, 0.25) is 0 Å². The molecule has 172 valence electrons. The number of phenolic OH excluding ortho intramolecular Hbond substituents is 2. The van der Waals surface area contributed by atoms with Gasteiger partial charge in [0.1, 0.15) is 0 Å². The highest BCUT2D eigenvalue weighted by Crippen LogP contribution is 2.43. The van der Waals surface area contributed by atoms with Gasteiger partial charge in [-0.15, -0.1) is 0 Å². The Kier molecular flexibility index (Phi) is 5.02. The minimum absolute atomic E-state index is 0.169. The molecule has 1 heterocycles. The fourth-order valence-corrected chi connectivity index (χ4v) is 4.58. The van der Waals surface area contributed by atoms with Gasteiger partial charge in [0.25, 0.3) is 5.56 Å². The van der Waals surface area contributed by atoms with Crippen LogP contribution in [0.5, 0.6) is 23.0 Å². The maximum absolute atomic E-state index is 13.9. The highest BCUT2D eigenvalue weighted by molar-refractivity contribution is 6.27. The molecule has 0 radical (unpaired) electrons. The quantitative estimate of drug-likeness (QED) is 0.345. The minimum atomic E-state index is -1.22. The van der Waals surface area contributed by atoms with Gasteiger partial charge in [-0.05, 0) is 29.8 Å². The van der Waals surface area contributed by atoms with Crippen LogP contribution in [-0.4, -0.2) is 39.9 Å². The highest BCUT2D eigenvalue weighted by atomic mass is 16.5. The number of aliphatic hydroxyl groups is 1. The van der Waals surface area contributed by atoms with Crippen molar-refractivity contribution >= 4 is 16.6 Å². The van der Waals surface area contributed by atoms with Crippen molar-refractivity contribution in [2.45, 2.75) is 12.6 Å². The number of rotatable bonds is 5. The number of hydrogen-bond acceptors (Lipinski definition) is 7. The van der Waals surface area contributed by atoms with Crippen molar-refractivity contribution in [3.05, 3.63) is 81.6 Å². The van der Waals surface area contributed by atoms with Gasteiger partial charge in [-0.1, -0.05) is 30.3 Å². The maximum Gasteiger partial charge on any atom is 0.262 e. The Morgan fingerprint density at radius 1 is 0.912 bits per heavy atom. The molecule has 8 heteroatoms. The summed E-state index contributed by atoms with van der Waals surface area (Å²) in [7, 11) is 2.87. The Balaban J connectivity index is 1.82. The molecule has 34 heavy (non-hydrogen) atoms. The molecule has 8 nitrogen and oxygen atoms in total. The molecule has 1 aliphatic rings. The number of ketones is 1. The molecule has 3 aromatic carbocycles. The van der Waals surface area contributed by atoms with E-state index in [4.69, 9.17) is 9.47 Å². The first kappa shape index (κ1) is 21.5. The fraction of sp³-hybridized carbons (Fsp3) is 0.154. The van der Waals surface area contributed by atoms with Gasteiger partial charge in [-0.25, -0.2) is 0 Å². The Morgan fingerprint density at radius 2 is 1.65 bits per heavy atom. The second-order valence-corrected chi connectivity index (χ2v) is 8.00. The molecule has 3 N–H and O–H groups in total. The molecule has 0 spiro atoms. The van der Waals surface area contributed by atoms with E-state index in [1.54, 1.807) is 36.4 Å². The molecule has 0 aliphatic heterocycles. The first-order valence-electron chi connectivity index (χ1n) is 10.5. The SMILES string of the molecule is COc1ccc2c3c(n(CC(O)c4ccc(O)c(O)c4)c(=O)c2c1OC)-c1ccccc1C3=O. The molecule has 0 fully saturated rings. The number of methoxy groups -OCH3 is 2. The van der Waals surface area contributed by atoms with Crippen LogP contribution in [0.1, 0.15) is 27.6 Å². The second-order valence-electron chi connectivity index (χ2n) is 8.00. The summed E-state index contributed by atoms with van der Waals surface area (Å²) in [6, 6.07) is 14.3. The number of phenols is 2. The average Bonchev–Trinajstić information content (AvgIpc) is 3.14. The maximum atomic E-state index is 13.9. The van der Waals surface area contributed by atoms with Crippen LogP contribution in [0.4, 0.5) is 0 Å². The third-order valence-electron chi connectivity index (χ3n) is 6.17. The third kappa shape index (κ3) is 3.03. The zero-order valence-electron chi connectivity index (χ0n) is 18.4. The summed E-state index contributed by atoms with van der Waals surface area (Å²) in [4.78, 5) is 27.3. The summed E-state index contributed by atoms with van der Waals surface area (Å²) in [6.45, 7) is -0.205. The van der Waals surface area contributed by atoms with Gasteiger partial charge in [-0.3, -0.25) is 9.59 Å². The van der Waals surface area contributed by atoms with Gasteiger partial charge in [0.15, 0.2) is 28.8 Å². The van der Waals surface area contributed by atoms with Crippen molar-refractivity contribution < 1.29 is 29.6 Å². The van der Waals surface area contributed by atoms with Crippen LogP contribution in [0.15, 0.2) is 59.4 Å². The first-order valence-corrected chi connectivity index (χ1v) is 10.5. The Morgan fingerprint density at radius 3 is 2.32 bits per heavy atom. The van der Waals surface area contributed by atoms with E-state index in [9.17, 15) is 24.9 Å². The highest BCUT2D eigenvalue weighted by Gasteiger charge is 2.34. The first-order chi connectivity index (χ1) is 16.4. The van der Waals surface area contributed by atoms with Crippen LogP contribution in [0.3, 0.4) is 0 Å². The van der Waals surface area contributed by atoms with Gasteiger partial charge >= 0.3 is 0 Å². The second kappa shape index (κ2) is 7.93. The topological polar surface area (TPSA) is 118 Å². The fourth-order valence-electron chi connectivity index (χ4n) is 4.58. The van der Waals surface area contributed by atoms with Crippen molar-refractivity contribution in [2.75, 3.05) is 14.2 Å². The number of carbonyl (C=O) groups is 1. The van der Waals surface area contributed by atoms with E-state index < -0.39 is 11.7 Å². The van der Waals surface area contributed by atoms with E-state index in [1.807, 2.05) is 0 Å². The predicted molar refractivity (Wildman–Crippen MR) is 125 cm³/mol. The number of ether oxygens (including phenoxy) is 2. The summed E-state index contributed by atoms with van der Waals surface area (Å²) in [5.74, 6) is -0.406. The molecule has 1 unspecified atom stereocenters. The molecular weight excluding hydrogens is 438 g/mol. The van der Waals surface area contributed by atoms with Crippen LogP contribution in [0.25, 0.3) is 22.0 Å². The van der Waals surface area contributed by atoms with E-state index in [0.717, 1.165) is 0 Å². The van der Waals surface area contributed by atoms with Crippen molar-refractivity contribution in [3.63, 3.8) is 0 Å². The summed E-state index contributed by atoms with van der Waals surface area (Å²) in [5.41, 5.74) is 1.65. The van der Waals surface area contributed by atoms with E-state index in [0.29, 0.717) is 39.1 Å². The normalized spacial score (nSPS) is 13.0. The lowest BCUT2D eigenvalue weighted by molar-refractivity contribution is 0.104. The zero-order chi connectivity index (χ0) is 24.1. The summed E-state index contributed by atoms with van der Waals surface area (Å²) in [5, 5.41) is 31.0. The van der Waals surface area contributed by atoms with E-state index in [-0.39, 0.29) is 35.0 Å². The average molecular weight is 459 g/mol. The Labute approximate surface area is 193 Å². The van der Waals surface area contributed by atoms with Crippen molar-refractivity contribution in [2.24, 2.45) is 0 Å². The lowest BCUT2D eigenvalue weighted by Crippen LogP contribution is -2.26.